The lowest BCUT2D eigenvalue weighted by Gasteiger charge is -2.36. The minimum absolute atomic E-state index is 0.0186. The number of aromatic nitrogens is 1. The first kappa shape index (κ1) is 27.4. The molecule has 2 amide bonds. The van der Waals surface area contributed by atoms with Gasteiger partial charge < -0.3 is 14.5 Å². The second-order valence-electron chi connectivity index (χ2n) is 10.8. The summed E-state index contributed by atoms with van der Waals surface area (Å²) in [5.74, 6) is 0.332. The van der Waals surface area contributed by atoms with Gasteiger partial charge in [-0.3, -0.25) is 14.4 Å². The zero-order chi connectivity index (χ0) is 27.7. The van der Waals surface area contributed by atoms with Crippen molar-refractivity contribution in [1.29, 1.82) is 5.26 Å². The average Bonchev–Trinajstić information content (AvgIpc) is 3.38. The van der Waals surface area contributed by atoms with E-state index >= 15 is 0 Å². The predicted molar refractivity (Wildman–Crippen MR) is 145 cm³/mol. The summed E-state index contributed by atoms with van der Waals surface area (Å²) in [4.78, 5) is 45.6. The number of nitrogens with zero attached hydrogens (tertiary/aromatic N) is 4. The molecule has 1 aromatic carbocycles. The molecule has 0 N–H and O–H groups in total. The van der Waals surface area contributed by atoms with Crippen molar-refractivity contribution in [3.05, 3.63) is 57.7 Å². The normalized spacial score (nSPS) is 22.8. The first-order chi connectivity index (χ1) is 18.7. The molecule has 3 heterocycles. The lowest BCUT2D eigenvalue weighted by molar-refractivity contribution is -0.147. The summed E-state index contributed by atoms with van der Waals surface area (Å²) in [5.41, 5.74) is 1.44. The Morgan fingerprint density at radius 2 is 1.74 bits per heavy atom. The van der Waals surface area contributed by atoms with Crippen molar-refractivity contribution in [2.75, 3.05) is 26.2 Å². The Hall–Kier alpha value is -3.15. The Balaban J connectivity index is 1.27. The second-order valence-corrected chi connectivity index (χ2v) is 11.6. The molecule has 0 radical (unpaired) electrons. The van der Waals surface area contributed by atoms with Crippen LogP contribution in [-0.4, -0.2) is 64.7 Å². The van der Waals surface area contributed by atoms with E-state index in [1.807, 2.05) is 28.9 Å². The Morgan fingerprint density at radius 1 is 1.03 bits per heavy atom. The number of benzene rings is 1. The molecule has 10 heteroatoms. The van der Waals surface area contributed by atoms with Gasteiger partial charge in [0.2, 0.25) is 17.7 Å². The molecule has 0 spiro atoms. The van der Waals surface area contributed by atoms with Crippen LogP contribution in [-0.2, 0) is 14.4 Å². The summed E-state index contributed by atoms with van der Waals surface area (Å²) in [6, 6.07) is 11.0. The summed E-state index contributed by atoms with van der Waals surface area (Å²) >= 11 is 12.5. The Labute approximate surface area is 237 Å². The van der Waals surface area contributed by atoms with E-state index in [1.54, 1.807) is 18.2 Å². The second kappa shape index (κ2) is 11.5. The van der Waals surface area contributed by atoms with Crippen LogP contribution >= 0.6 is 23.2 Å². The SMILES string of the molecule is C[C@H](Oc1ccc(C#N)cn1)[C@H]1CN(C(=O)C2CCN(C(=O)C3CC(=O)C3)CC2)C[C@@H]1c1ccc(Cl)c(Cl)c1. The third-order valence-corrected chi connectivity index (χ3v) is 9.02. The van der Waals surface area contributed by atoms with Crippen molar-refractivity contribution in [2.24, 2.45) is 17.8 Å². The quantitative estimate of drug-likeness (QED) is 0.508. The van der Waals surface area contributed by atoms with Crippen LogP contribution < -0.4 is 4.74 Å². The Morgan fingerprint density at radius 3 is 2.36 bits per heavy atom. The third kappa shape index (κ3) is 5.90. The van der Waals surface area contributed by atoms with E-state index in [9.17, 15) is 14.4 Å². The van der Waals surface area contributed by atoms with Gasteiger partial charge in [-0.25, -0.2) is 4.98 Å². The van der Waals surface area contributed by atoms with Gasteiger partial charge in [-0.1, -0.05) is 29.3 Å². The number of carbonyl (C=O) groups excluding carboxylic acids is 3. The number of ketones is 1. The highest BCUT2D eigenvalue weighted by molar-refractivity contribution is 6.42. The van der Waals surface area contributed by atoms with Gasteiger partial charge in [-0.05, 0) is 43.5 Å². The van der Waals surface area contributed by atoms with Crippen LogP contribution in [0.5, 0.6) is 5.88 Å². The maximum atomic E-state index is 13.7. The van der Waals surface area contributed by atoms with E-state index < -0.39 is 0 Å². The fraction of sp³-hybridized carbons (Fsp3) is 0.483. The molecule has 39 heavy (non-hydrogen) atoms. The molecule has 3 atom stereocenters. The number of halogens is 2. The average molecular weight is 569 g/mol. The van der Waals surface area contributed by atoms with Crippen molar-refractivity contribution in [1.82, 2.24) is 14.8 Å². The molecule has 3 fully saturated rings. The van der Waals surface area contributed by atoms with E-state index in [4.69, 9.17) is 33.2 Å². The first-order valence-corrected chi connectivity index (χ1v) is 14.1. The minimum atomic E-state index is -0.271. The molecule has 0 bridgehead atoms. The van der Waals surface area contributed by atoms with Crippen LogP contribution in [0.25, 0.3) is 0 Å². The van der Waals surface area contributed by atoms with Gasteiger partial charge in [0.1, 0.15) is 18.0 Å². The molecular formula is C29H30Cl2N4O4. The number of ether oxygens (including phenoxy) is 1. The smallest absolute Gasteiger partial charge is 0.226 e. The lowest BCUT2D eigenvalue weighted by atomic mass is 9.82. The zero-order valence-electron chi connectivity index (χ0n) is 21.7. The Kier molecular flexibility index (Phi) is 8.11. The molecule has 5 rings (SSSR count). The van der Waals surface area contributed by atoms with Gasteiger partial charge >= 0.3 is 0 Å². The number of pyridine rings is 1. The van der Waals surface area contributed by atoms with Gasteiger partial charge in [0, 0.05) is 69.0 Å². The third-order valence-electron chi connectivity index (χ3n) is 8.28. The van der Waals surface area contributed by atoms with E-state index in [2.05, 4.69) is 11.1 Å². The molecule has 0 unspecified atom stereocenters. The maximum Gasteiger partial charge on any atom is 0.226 e. The monoisotopic (exact) mass is 568 g/mol. The fourth-order valence-corrected chi connectivity index (χ4v) is 6.21. The van der Waals surface area contributed by atoms with Crippen LogP contribution in [0.15, 0.2) is 36.5 Å². The Bertz CT molecular complexity index is 1300. The van der Waals surface area contributed by atoms with E-state index in [0.717, 1.165) is 5.56 Å². The number of hydrogen-bond donors (Lipinski definition) is 0. The summed E-state index contributed by atoms with van der Waals surface area (Å²) < 4.78 is 6.18. The molecule has 2 saturated heterocycles. The molecular weight excluding hydrogens is 539 g/mol. The first-order valence-electron chi connectivity index (χ1n) is 13.3. The largest absolute Gasteiger partial charge is 0.474 e. The molecule has 204 valence electrons. The summed E-state index contributed by atoms with van der Waals surface area (Å²) in [6.07, 6.45) is 3.13. The highest BCUT2D eigenvalue weighted by Gasteiger charge is 2.43. The van der Waals surface area contributed by atoms with E-state index in [-0.39, 0.29) is 47.4 Å². The number of likely N-dealkylation sites (tertiary alicyclic amines) is 2. The zero-order valence-corrected chi connectivity index (χ0v) is 23.2. The van der Waals surface area contributed by atoms with Crippen LogP contribution in [0.1, 0.15) is 49.7 Å². The van der Waals surface area contributed by atoms with Crippen molar-refractivity contribution in [2.45, 2.75) is 44.6 Å². The fourth-order valence-electron chi connectivity index (χ4n) is 5.90. The number of nitriles is 1. The van der Waals surface area contributed by atoms with Gasteiger partial charge in [0.05, 0.1) is 21.5 Å². The van der Waals surface area contributed by atoms with Gasteiger partial charge in [0.15, 0.2) is 0 Å². The number of rotatable bonds is 6. The highest BCUT2D eigenvalue weighted by atomic mass is 35.5. The summed E-state index contributed by atoms with van der Waals surface area (Å²) in [6.45, 7) is 4.09. The van der Waals surface area contributed by atoms with Crippen molar-refractivity contribution in [3.63, 3.8) is 0 Å². The number of carbonyl (C=O) groups is 3. The number of hydrogen-bond acceptors (Lipinski definition) is 6. The molecule has 1 aromatic heterocycles. The van der Waals surface area contributed by atoms with E-state index in [0.29, 0.717) is 73.4 Å². The number of Topliss-reactive ketones (excluding diaryl/α,β-unsaturated/α-hetero) is 1. The van der Waals surface area contributed by atoms with Crippen LogP contribution in [0.4, 0.5) is 0 Å². The molecule has 1 aliphatic carbocycles. The topological polar surface area (TPSA) is 104 Å². The van der Waals surface area contributed by atoms with E-state index in [1.165, 1.54) is 6.20 Å². The summed E-state index contributed by atoms with van der Waals surface area (Å²) in [5, 5.41) is 9.98. The summed E-state index contributed by atoms with van der Waals surface area (Å²) in [7, 11) is 0. The van der Waals surface area contributed by atoms with Crippen molar-refractivity contribution < 1.29 is 19.1 Å². The molecule has 2 aromatic rings. The molecule has 1 saturated carbocycles. The number of amides is 2. The lowest BCUT2D eigenvalue weighted by Crippen LogP contribution is -2.48. The predicted octanol–water partition coefficient (Wildman–Crippen LogP) is 4.49. The highest BCUT2D eigenvalue weighted by Crippen LogP contribution is 2.39. The van der Waals surface area contributed by atoms with Crippen LogP contribution in [0.2, 0.25) is 10.0 Å². The van der Waals surface area contributed by atoms with Gasteiger partial charge in [-0.2, -0.15) is 5.26 Å². The molecule has 8 nitrogen and oxygen atoms in total. The standard InChI is InChI=1S/C29H30Cl2N4O4/c1-17(39-27-5-2-18(13-32)14-33-27)23-15-35(16-24(23)20-3-4-25(30)26(31)12-20)28(37)19-6-8-34(9-7-19)29(38)21-10-22(36)11-21/h2-5,12,14,17,19,21,23-24H,6-11,15-16H2,1H3/t17-,23+,24+/m0/s1. The number of piperidine rings is 1. The van der Waals surface area contributed by atoms with Crippen molar-refractivity contribution in [3.8, 4) is 11.9 Å². The van der Waals surface area contributed by atoms with Gasteiger partial charge in [0.25, 0.3) is 0 Å². The van der Waals surface area contributed by atoms with Gasteiger partial charge in [-0.15, -0.1) is 0 Å². The van der Waals surface area contributed by atoms with Crippen LogP contribution in [0, 0.1) is 29.1 Å². The maximum absolute atomic E-state index is 13.7. The molecule has 2 aliphatic heterocycles. The molecule has 3 aliphatic rings. The minimum Gasteiger partial charge on any atom is -0.474 e. The van der Waals surface area contributed by atoms with Crippen LogP contribution in [0.3, 0.4) is 0 Å². The van der Waals surface area contributed by atoms with Crippen molar-refractivity contribution >= 4 is 40.8 Å².